The van der Waals surface area contributed by atoms with E-state index in [1.807, 2.05) is 0 Å². The fraction of sp³-hybridized carbons (Fsp3) is 0.100. The van der Waals surface area contributed by atoms with Gasteiger partial charge in [-0.25, -0.2) is 4.39 Å². The Labute approximate surface area is 98.6 Å². The van der Waals surface area contributed by atoms with Crippen molar-refractivity contribution in [1.82, 2.24) is 0 Å². The molecule has 0 radical (unpaired) electrons. The zero-order valence-corrected chi connectivity index (χ0v) is 10.2. The largest absolute Gasteiger partial charge is 0.448 e. The highest BCUT2D eigenvalue weighted by molar-refractivity contribution is 9.10. The van der Waals surface area contributed by atoms with Gasteiger partial charge >= 0.3 is 0 Å². The molecule has 1 heterocycles. The summed E-state index contributed by atoms with van der Waals surface area (Å²) in [6, 6.07) is 2.40. The summed E-state index contributed by atoms with van der Waals surface area (Å²) in [7, 11) is 0. The van der Waals surface area contributed by atoms with Crippen LogP contribution >= 0.6 is 28.6 Å². The molecule has 1 aromatic carbocycles. The van der Waals surface area contributed by atoms with Crippen molar-refractivity contribution < 1.29 is 8.81 Å². The molecule has 2 nitrogen and oxygen atoms in total. The Morgan fingerprint density at radius 2 is 2.13 bits per heavy atom. The van der Waals surface area contributed by atoms with Gasteiger partial charge in [0.25, 0.3) is 0 Å². The minimum Gasteiger partial charge on any atom is -0.448 e. The van der Waals surface area contributed by atoms with Crippen molar-refractivity contribution in [3.8, 4) is 0 Å². The van der Waals surface area contributed by atoms with Gasteiger partial charge in [0.2, 0.25) is 0 Å². The summed E-state index contributed by atoms with van der Waals surface area (Å²) in [5.74, 6) is -0.479. The molecule has 78 valence electrons. The minimum absolute atomic E-state index is 0.220. The number of benzene rings is 1. The summed E-state index contributed by atoms with van der Waals surface area (Å²) >= 11 is 7.17. The van der Waals surface area contributed by atoms with Gasteiger partial charge in [0.15, 0.2) is 16.1 Å². The lowest BCUT2D eigenvalue weighted by Crippen LogP contribution is -2.06. The normalized spacial score (nSPS) is 10.9. The van der Waals surface area contributed by atoms with Gasteiger partial charge in [-0.05, 0) is 35.0 Å². The van der Waals surface area contributed by atoms with Crippen LogP contribution in [0.25, 0.3) is 11.0 Å². The van der Waals surface area contributed by atoms with Gasteiger partial charge in [-0.1, -0.05) is 0 Å². The van der Waals surface area contributed by atoms with Crippen LogP contribution in [-0.4, -0.2) is 0 Å². The molecule has 0 saturated heterocycles. The fourth-order valence-corrected chi connectivity index (χ4v) is 2.01. The quantitative estimate of drug-likeness (QED) is 0.754. The lowest BCUT2D eigenvalue weighted by atomic mass is 10.2. The van der Waals surface area contributed by atoms with Crippen molar-refractivity contribution >= 4 is 39.5 Å². The van der Waals surface area contributed by atoms with E-state index in [1.54, 1.807) is 6.92 Å². The van der Waals surface area contributed by atoms with Gasteiger partial charge in [-0.2, -0.15) is 0 Å². The van der Waals surface area contributed by atoms with E-state index in [0.29, 0.717) is 15.6 Å². The second-order valence-electron chi connectivity index (χ2n) is 3.13. The van der Waals surface area contributed by atoms with Gasteiger partial charge in [-0.3, -0.25) is 4.79 Å². The number of rotatable bonds is 0. The first-order chi connectivity index (χ1) is 7.00. The molecule has 0 spiro atoms. The molecule has 0 amide bonds. The Hall–Kier alpha value is -0.810. The van der Waals surface area contributed by atoms with Crippen molar-refractivity contribution in [3.63, 3.8) is 0 Å². The van der Waals surface area contributed by atoms with Crippen LogP contribution in [-0.2, 0) is 0 Å². The van der Waals surface area contributed by atoms with Crippen LogP contribution in [0.15, 0.2) is 30.9 Å². The zero-order valence-electron chi connectivity index (χ0n) is 7.67. The van der Waals surface area contributed by atoms with E-state index < -0.39 is 5.82 Å². The van der Waals surface area contributed by atoms with Crippen LogP contribution < -0.4 is 5.43 Å². The molecule has 0 fully saturated rings. The number of hydrogen-bond acceptors (Lipinski definition) is 3. The van der Waals surface area contributed by atoms with Crippen LogP contribution in [0.5, 0.6) is 0 Å². The van der Waals surface area contributed by atoms with Crippen molar-refractivity contribution in [2.24, 2.45) is 0 Å². The van der Waals surface area contributed by atoms with Crippen molar-refractivity contribution in [2.45, 2.75) is 12.0 Å². The van der Waals surface area contributed by atoms with Crippen LogP contribution in [0.3, 0.4) is 0 Å². The van der Waals surface area contributed by atoms with Crippen LogP contribution in [0, 0.1) is 12.7 Å². The highest BCUT2D eigenvalue weighted by atomic mass is 79.9. The molecule has 0 aliphatic rings. The Bertz CT molecular complexity index is 606. The Morgan fingerprint density at radius 3 is 2.80 bits per heavy atom. The summed E-state index contributed by atoms with van der Waals surface area (Å²) in [6.45, 7) is 1.59. The summed E-state index contributed by atoms with van der Waals surface area (Å²) in [5.41, 5.74) is 0.432. The number of hydrogen-bond donors (Lipinski definition) is 1. The molecule has 1 aromatic heterocycles. The topological polar surface area (TPSA) is 30.2 Å². The third-order valence-corrected chi connectivity index (χ3v) is 3.13. The van der Waals surface area contributed by atoms with Crippen LogP contribution in [0.4, 0.5) is 4.39 Å². The molecule has 15 heavy (non-hydrogen) atoms. The molecule has 0 saturated carbocycles. The van der Waals surface area contributed by atoms with Crippen molar-refractivity contribution in [1.29, 1.82) is 0 Å². The third kappa shape index (κ3) is 1.70. The van der Waals surface area contributed by atoms with E-state index in [-0.39, 0.29) is 15.9 Å². The lowest BCUT2D eigenvalue weighted by molar-refractivity contribution is 0.492. The first kappa shape index (κ1) is 10.7. The molecular weight excluding hydrogens is 283 g/mol. The Morgan fingerprint density at radius 1 is 1.47 bits per heavy atom. The van der Waals surface area contributed by atoms with Crippen LogP contribution in [0.1, 0.15) is 5.56 Å². The number of thiol groups is 1. The monoisotopic (exact) mass is 288 g/mol. The molecular formula is C10H6BrFO2S. The summed E-state index contributed by atoms with van der Waals surface area (Å²) in [5, 5.41) is 0.469. The highest BCUT2D eigenvalue weighted by Crippen LogP contribution is 2.26. The molecule has 0 N–H and O–H groups in total. The number of halogens is 2. The van der Waals surface area contributed by atoms with E-state index in [1.165, 1.54) is 6.07 Å². The van der Waals surface area contributed by atoms with E-state index in [2.05, 4.69) is 28.6 Å². The average molecular weight is 289 g/mol. The molecule has 2 aromatic rings. The summed E-state index contributed by atoms with van der Waals surface area (Å²) in [4.78, 5) is 11.8. The van der Waals surface area contributed by atoms with Crippen molar-refractivity contribution in [3.05, 3.63) is 38.2 Å². The second-order valence-corrected chi connectivity index (χ2v) is 4.39. The predicted octanol–water partition coefficient (Wildman–Crippen LogP) is 3.29. The molecule has 0 bridgehead atoms. The summed E-state index contributed by atoms with van der Waals surface area (Å²) in [6.07, 6.45) is 0. The van der Waals surface area contributed by atoms with Gasteiger partial charge in [0, 0.05) is 5.56 Å². The summed E-state index contributed by atoms with van der Waals surface area (Å²) < 4.78 is 18.8. The lowest BCUT2D eigenvalue weighted by Gasteiger charge is -2.03. The third-order valence-electron chi connectivity index (χ3n) is 2.11. The fourth-order valence-electron chi connectivity index (χ4n) is 1.31. The van der Waals surface area contributed by atoms with E-state index >= 15 is 0 Å². The zero-order chi connectivity index (χ0) is 11.2. The SMILES string of the molecule is Cc1c(S)oc2c(Br)cc(F)cc2c1=O. The Balaban J connectivity index is 3.06. The first-order valence-electron chi connectivity index (χ1n) is 4.12. The molecule has 2 rings (SSSR count). The standard InChI is InChI=1S/C10H6BrFO2S/c1-4-8(13)6-2-5(12)3-7(11)9(6)14-10(4)15/h2-3,15H,1H3. The van der Waals surface area contributed by atoms with Gasteiger partial charge in [0.05, 0.1) is 9.86 Å². The van der Waals surface area contributed by atoms with Gasteiger partial charge in [-0.15, -0.1) is 12.6 Å². The van der Waals surface area contributed by atoms with Crippen LogP contribution in [0.2, 0.25) is 0 Å². The van der Waals surface area contributed by atoms with Gasteiger partial charge in [0.1, 0.15) is 5.82 Å². The maximum atomic E-state index is 13.1. The molecule has 0 aliphatic heterocycles. The maximum Gasteiger partial charge on any atom is 0.196 e. The highest BCUT2D eigenvalue weighted by Gasteiger charge is 2.12. The van der Waals surface area contributed by atoms with Crippen molar-refractivity contribution in [2.75, 3.05) is 0 Å². The number of fused-ring (bicyclic) bond motifs is 1. The van der Waals surface area contributed by atoms with E-state index in [4.69, 9.17) is 4.42 Å². The molecule has 0 unspecified atom stereocenters. The first-order valence-corrected chi connectivity index (χ1v) is 5.36. The van der Waals surface area contributed by atoms with E-state index in [0.717, 1.165) is 6.07 Å². The second kappa shape index (κ2) is 3.64. The minimum atomic E-state index is -0.479. The molecule has 0 atom stereocenters. The molecule has 5 heteroatoms. The molecule has 0 aliphatic carbocycles. The maximum absolute atomic E-state index is 13.1. The predicted molar refractivity (Wildman–Crippen MR) is 62.1 cm³/mol. The Kier molecular flexibility index (Phi) is 2.60. The van der Waals surface area contributed by atoms with Gasteiger partial charge < -0.3 is 4.42 Å². The van der Waals surface area contributed by atoms with E-state index in [9.17, 15) is 9.18 Å². The average Bonchev–Trinajstić information content (AvgIpc) is 2.17. The smallest absolute Gasteiger partial charge is 0.196 e.